The minimum absolute atomic E-state index is 0.0958. The molecule has 17 heavy (non-hydrogen) atoms. The van der Waals surface area contributed by atoms with E-state index < -0.39 is 0 Å². The molecule has 4 nitrogen and oxygen atoms in total. The van der Waals surface area contributed by atoms with Crippen molar-refractivity contribution in [2.45, 2.75) is 24.8 Å². The molecule has 90 valence electrons. The van der Waals surface area contributed by atoms with E-state index in [1.54, 1.807) is 24.5 Å². The highest BCUT2D eigenvalue weighted by Crippen LogP contribution is 2.37. The Morgan fingerprint density at radius 1 is 1.35 bits per heavy atom. The molecule has 2 aliphatic rings. The number of carbonyl (C=O) groups excluding carboxylic acids is 1. The zero-order valence-corrected chi connectivity index (χ0v) is 9.85. The molecular weight excluding hydrogens is 214 g/mol. The lowest BCUT2D eigenvalue weighted by Gasteiger charge is -2.55. The minimum Gasteiger partial charge on any atom is -0.332 e. The van der Waals surface area contributed by atoms with Crippen molar-refractivity contribution < 1.29 is 4.79 Å². The number of carbonyl (C=O) groups is 1. The van der Waals surface area contributed by atoms with Crippen LogP contribution in [-0.2, 0) is 0 Å². The first kappa shape index (κ1) is 10.7. The third-order valence-electron chi connectivity index (χ3n) is 4.00. The molecular formula is C13H17N3O. The highest BCUT2D eigenvalue weighted by Gasteiger charge is 2.47. The van der Waals surface area contributed by atoms with Crippen molar-refractivity contribution in [3.63, 3.8) is 0 Å². The van der Waals surface area contributed by atoms with E-state index in [9.17, 15) is 4.79 Å². The van der Waals surface area contributed by atoms with Gasteiger partial charge in [0.1, 0.15) is 0 Å². The van der Waals surface area contributed by atoms with Crippen molar-refractivity contribution in [2.75, 3.05) is 19.6 Å². The molecule has 2 fully saturated rings. The number of aromatic nitrogens is 1. The number of likely N-dealkylation sites (tertiary alicyclic amines) is 1. The molecule has 1 aromatic rings. The van der Waals surface area contributed by atoms with Crippen LogP contribution in [0.5, 0.6) is 0 Å². The maximum absolute atomic E-state index is 12.4. The zero-order valence-electron chi connectivity index (χ0n) is 9.85. The van der Waals surface area contributed by atoms with Gasteiger partial charge in [-0.25, -0.2) is 0 Å². The predicted octanol–water partition coefficient (Wildman–Crippen LogP) is 1.05. The number of hydrogen-bond donors (Lipinski definition) is 1. The van der Waals surface area contributed by atoms with E-state index in [0.29, 0.717) is 0 Å². The van der Waals surface area contributed by atoms with Crippen molar-refractivity contribution in [2.24, 2.45) is 0 Å². The molecule has 0 aliphatic carbocycles. The first-order chi connectivity index (χ1) is 8.32. The highest BCUT2D eigenvalue weighted by molar-refractivity contribution is 5.95. The van der Waals surface area contributed by atoms with Crippen LogP contribution in [0, 0.1) is 0 Å². The van der Waals surface area contributed by atoms with Gasteiger partial charge in [0.2, 0.25) is 0 Å². The Balaban J connectivity index is 1.79. The Labute approximate surface area is 101 Å². The summed E-state index contributed by atoms with van der Waals surface area (Å²) in [4.78, 5) is 18.4. The smallest absolute Gasteiger partial charge is 0.254 e. The van der Waals surface area contributed by atoms with Crippen molar-refractivity contribution >= 4 is 5.91 Å². The number of hydrogen-bond acceptors (Lipinski definition) is 3. The summed E-state index contributed by atoms with van der Waals surface area (Å²) in [6, 6.07) is 3.59. The summed E-state index contributed by atoms with van der Waals surface area (Å²) in [5.41, 5.74) is 0.850. The summed E-state index contributed by atoms with van der Waals surface area (Å²) < 4.78 is 0. The van der Waals surface area contributed by atoms with E-state index in [1.807, 2.05) is 4.90 Å². The van der Waals surface area contributed by atoms with E-state index in [2.05, 4.69) is 10.3 Å². The molecule has 4 heteroatoms. The van der Waals surface area contributed by atoms with Gasteiger partial charge in [-0.1, -0.05) is 0 Å². The second-order valence-electron chi connectivity index (χ2n) is 4.95. The maximum atomic E-state index is 12.4. The molecule has 1 N–H and O–H groups in total. The van der Waals surface area contributed by atoms with E-state index in [4.69, 9.17) is 0 Å². The lowest BCUT2D eigenvalue weighted by Crippen LogP contribution is -2.67. The Morgan fingerprint density at radius 3 is 2.76 bits per heavy atom. The summed E-state index contributed by atoms with van der Waals surface area (Å²) in [5.74, 6) is 0.155. The van der Waals surface area contributed by atoms with Crippen molar-refractivity contribution in [3.8, 4) is 0 Å². The molecule has 1 amide bonds. The first-order valence-electron chi connectivity index (χ1n) is 6.25. The number of nitrogens with zero attached hydrogens (tertiary/aromatic N) is 2. The van der Waals surface area contributed by atoms with Crippen LogP contribution < -0.4 is 5.32 Å². The van der Waals surface area contributed by atoms with Gasteiger partial charge in [-0.2, -0.15) is 0 Å². The summed E-state index contributed by atoms with van der Waals surface area (Å²) in [5, 5.41) is 3.41. The zero-order chi connectivity index (χ0) is 11.7. The second-order valence-corrected chi connectivity index (χ2v) is 4.95. The monoisotopic (exact) mass is 231 g/mol. The Morgan fingerprint density at radius 2 is 2.18 bits per heavy atom. The van der Waals surface area contributed by atoms with Crippen LogP contribution in [-0.4, -0.2) is 41.0 Å². The summed E-state index contributed by atoms with van der Waals surface area (Å²) in [6.07, 6.45) is 6.80. The van der Waals surface area contributed by atoms with Crippen LogP contribution in [0.25, 0.3) is 0 Å². The van der Waals surface area contributed by atoms with E-state index in [-0.39, 0.29) is 11.4 Å². The Hall–Kier alpha value is -1.42. The fourth-order valence-corrected chi connectivity index (χ4v) is 2.90. The fourth-order valence-electron chi connectivity index (χ4n) is 2.90. The molecule has 0 aromatic carbocycles. The number of nitrogens with one attached hydrogen (secondary N) is 1. The van der Waals surface area contributed by atoms with Crippen molar-refractivity contribution in [1.29, 1.82) is 0 Å². The fraction of sp³-hybridized carbons (Fsp3) is 0.538. The lowest BCUT2D eigenvalue weighted by atomic mass is 9.78. The van der Waals surface area contributed by atoms with Gasteiger partial charge in [0.05, 0.1) is 5.54 Å². The number of pyridine rings is 1. The van der Waals surface area contributed by atoms with Gasteiger partial charge < -0.3 is 10.2 Å². The van der Waals surface area contributed by atoms with Gasteiger partial charge in [0, 0.05) is 31.0 Å². The van der Waals surface area contributed by atoms with Crippen LogP contribution in [0.3, 0.4) is 0 Å². The molecule has 0 bridgehead atoms. The third-order valence-corrected chi connectivity index (χ3v) is 4.00. The predicted molar refractivity (Wildman–Crippen MR) is 64.7 cm³/mol. The van der Waals surface area contributed by atoms with Gasteiger partial charge in [-0.3, -0.25) is 9.78 Å². The van der Waals surface area contributed by atoms with Crippen LogP contribution in [0.2, 0.25) is 0 Å². The second kappa shape index (κ2) is 4.11. The molecule has 0 saturated carbocycles. The van der Waals surface area contributed by atoms with Gasteiger partial charge in [0.25, 0.3) is 5.91 Å². The van der Waals surface area contributed by atoms with E-state index >= 15 is 0 Å². The Bertz CT molecular complexity index is 412. The average Bonchev–Trinajstić information content (AvgIpc) is 2.39. The molecule has 1 unspecified atom stereocenters. The maximum Gasteiger partial charge on any atom is 0.254 e. The first-order valence-corrected chi connectivity index (χ1v) is 6.25. The van der Waals surface area contributed by atoms with Crippen LogP contribution in [0.4, 0.5) is 0 Å². The molecule has 3 rings (SSSR count). The SMILES string of the molecule is O=C(c1ccncc1)N1CCC12CCCNC2. The number of rotatable bonds is 1. The van der Waals surface area contributed by atoms with E-state index in [1.165, 1.54) is 6.42 Å². The molecule has 2 aliphatic heterocycles. The largest absolute Gasteiger partial charge is 0.332 e. The topological polar surface area (TPSA) is 45.2 Å². The van der Waals surface area contributed by atoms with Gasteiger partial charge in [-0.05, 0) is 37.9 Å². The number of piperidine rings is 1. The normalized spacial score (nSPS) is 27.9. The van der Waals surface area contributed by atoms with Crippen molar-refractivity contribution in [3.05, 3.63) is 30.1 Å². The summed E-state index contributed by atoms with van der Waals surface area (Å²) >= 11 is 0. The standard InChI is InChI=1S/C13H17N3O/c17-12(11-2-7-14-8-3-11)16-9-5-13(16)4-1-6-15-10-13/h2-3,7-8,15H,1,4-6,9-10H2. The van der Waals surface area contributed by atoms with Gasteiger partial charge >= 0.3 is 0 Å². The third kappa shape index (κ3) is 1.72. The van der Waals surface area contributed by atoms with Gasteiger partial charge in [-0.15, -0.1) is 0 Å². The van der Waals surface area contributed by atoms with Crippen LogP contribution >= 0.6 is 0 Å². The van der Waals surface area contributed by atoms with E-state index in [0.717, 1.165) is 38.0 Å². The highest BCUT2D eigenvalue weighted by atomic mass is 16.2. The summed E-state index contributed by atoms with van der Waals surface area (Å²) in [7, 11) is 0. The van der Waals surface area contributed by atoms with Crippen LogP contribution in [0.15, 0.2) is 24.5 Å². The minimum atomic E-state index is 0.0958. The lowest BCUT2D eigenvalue weighted by molar-refractivity contribution is -0.0155. The average molecular weight is 231 g/mol. The molecule has 1 atom stereocenters. The molecule has 2 saturated heterocycles. The van der Waals surface area contributed by atoms with Gasteiger partial charge in [0.15, 0.2) is 0 Å². The summed E-state index contributed by atoms with van der Waals surface area (Å²) in [6.45, 7) is 2.92. The molecule has 0 radical (unpaired) electrons. The quantitative estimate of drug-likeness (QED) is 0.785. The Kier molecular flexibility index (Phi) is 2.59. The number of amides is 1. The van der Waals surface area contributed by atoms with Crippen molar-refractivity contribution in [1.82, 2.24) is 15.2 Å². The molecule has 1 spiro atoms. The molecule has 1 aromatic heterocycles. The van der Waals surface area contributed by atoms with Crippen LogP contribution in [0.1, 0.15) is 29.6 Å². The molecule has 3 heterocycles.